The highest BCUT2D eigenvalue weighted by molar-refractivity contribution is 6.36. The minimum Gasteiger partial charge on any atom is -0.478 e. The van der Waals surface area contributed by atoms with Gasteiger partial charge in [-0.25, -0.2) is 13.6 Å². The SMILES string of the molecule is O=C(O)c1cn(CCC(F)F)c2cccc(Cl)c12. The minimum absolute atomic E-state index is 0.0323. The number of aryl methyl sites for hydroxylation is 1. The summed E-state index contributed by atoms with van der Waals surface area (Å²) in [6.07, 6.45) is -1.40. The van der Waals surface area contributed by atoms with E-state index in [2.05, 4.69) is 0 Å². The highest BCUT2D eigenvalue weighted by atomic mass is 35.5. The van der Waals surface area contributed by atoms with Gasteiger partial charge in [0, 0.05) is 24.5 Å². The third-order valence-electron chi connectivity index (χ3n) is 2.67. The molecule has 0 bridgehead atoms. The summed E-state index contributed by atoms with van der Waals surface area (Å²) in [5, 5.41) is 9.77. The number of carboxylic acid groups (broad SMARTS) is 1. The molecule has 18 heavy (non-hydrogen) atoms. The van der Waals surface area contributed by atoms with Crippen molar-refractivity contribution in [1.82, 2.24) is 4.57 Å². The third kappa shape index (κ3) is 2.31. The van der Waals surface area contributed by atoms with Gasteiger partial charge in [-0.2, -0.15) is 0 Å². The van der Waals surface area contributed by atoms with Crippen molar-refractivity contribution in [3.63, 3.8) is 0 Å². The number of benzene rings is 1. The van der Waals surface area contributed by atoms with E-state index < -0.39 is 12.4 Å². The van der Waals surface area contributed by atoms with E-state index in [1.807, 2.05) is 0 Å². The van der Waals surface area contributed by atoms with E-state index in [0.29, 0.717) is 15.9 Å². The fourth-order valence-electron chi connectivity index (χ4n) is 1.89. The Morgan fingerprint density at radius 1 is 1.44 bits per heavy atom. The molecule has 0 fully saturated rings. The van der Waals surface area contributed by atoms with Crippen LogP contribution in [0, 0.1) is 0 Å². The van der Waals surface area contributed by atoms with E-state index in [9.17, 15) is 13.6 Å². The highest BCUT2D eigenvalue weighted by Crippen LogP contribution is 2.29. The normalized spacial score (nSPS) is 11.3. The molecule has 0 atom stereocenters. The quantitative estimate of drug-likeness (QED) is 0.924. The first-order valence-electron chi connectivity index (χ1n) is 5.29. The molecular formula is C12H10ClF2NO2. The largest absolute Gasteiger partial charge is 0.478 e. The number of rotatable bonds is 4. The van der Waals surface area contributed by atoms with Gasteiger partial charge in [-0.05, 0) is 12.1 Å². The molecule has 0 aliphatic heterocycles. The fraction of sp³-hybridized carbons (Fsp3) is 0.250. The van der Waals surface area contributed by atoms with Crippen molar-refractivity contribution in [2.24, 2.45) is 0 Å². The number of halogens is 3. The highest BCUT2D eigenvalue weighted by Gasteiger charge is 2.17. The molecular weight excluding hydrogens is 264 g/mol. The average Bonchev–Trinajstić information content (AvgIpc) is 2.67. The standard InChI is InChI=1S/C12H10ClF2NO2/c13-8-2-1-3-9-11(8)7(12(17)18)6-16(9)5-4-10(14)15/h1-3,6,10H,4-5H2,(H,17,18). The van der Waals surface area contributed by atoms with Gasteiger partial charge in [0.15, 0.2) is 0 Å². The number of aromatic carboxylic acids is 1. The molecule has 2 rings (SSSR count). The van der Waals surface area contributed by atoms with Crippen molar-refractivity contribution in [2.45, 2.75) is 19.4 Å². The molecule has 0 spiro atoms. The second-order valence-electron chi connectivity index (χ2n) is 3.86. The van der Waals surface area contributed by atoms with E-state index in [0.717, 1.165) is 0 Å². The Balaban J connectivity index is 2.54. The van der Waals surface area contributed by atoms with Crippen LogP contribution in [-0.2, 0) is 6.54 Å². The summed E-state index contributed by atoms with van der Waals surface area (Å²) in [6, 6.07) is 4.90. The summed E-state index contributed by atoms with van der Waals surface area (Å²) in [4.78, 5) is 11.1. The third-order valence-corrected chi connectivity index (χ3v) is 2.99. The Bertz CT molecular complexity index is 595. The first kappa shape index (κ1) is 12.8. The van der Waals surface area contributed by atoms with Crippen LogP contribution >= 0.6 is 11.6 Å². The number of fused-ring (bicyclic) bond motifs is 1. The molecule has 6 heteroatoms. The van der Waals surface area contributed by atoms with Crippen LogP contribution < -0.4 is 0 Å². The first-order chi connectivity index (χ1) is 8.50. The van der Waals surface area contributed by atoms with Crippen LogP contribution in [0.4, 0.5) is 8.78 Å². The molecule has 1 N–H and O–H groups in total. The summed E-state index contributed by atoms with van der Waals surface area (Å²) in [5.74, 6) is -1.12. The van der Waals surface area contributed by atoms with Crippen LogP contribution in [0.5, 0.6) is 0 Å². The minimum atomic E-state index is -2.42. The number of aromatic nitrogens is 1. The first-order valence-corrected chi connectivity index (χ1v) is 5.67. The van der Waals surface area contributed by atoms with Gasteiger partial charge in [0.05, 0.1) is 16.1 Å². The second kappa shape index (κ2) is 4.94. The van der Waals surface area contributed by atoms with E-state index in [1.165, 1.54) is 10.8 Å². The molecule has 0 saturated heterocycles. The molecule has 1 heterocycles. The Kier molecular flexibility index (Phi) is 3.52. The van der Waals surface area contributed by atoms with Crippen LogP contribution in [0.3, 0.4) is 0 Å². The van der Waals surface area contributed by atoms with Gasteiger partial charge in [-0.3, -0.25) is 0 Å². The van der Waals surface area contributed by atoms with Crippen molar-refractivity contribution in [3.05, 3.63) is 35.0 Å². The lowest BCUT2D eigenvalue weighted by molar-refractivity contribution is 0.0699. The van der Waals surface area contributed by atoms with Crippen molar-refractivity contribution in [3.8, 4) is 0 Å². The number of hydrogen-bond donors (Lipinski definition) is 1. The molecule has 1 aromatic carbocycles. The molecule has 2 aromatic rings. The summed E-state index contributed by atoms with van der Waals surface area (Å²) in [5.41, 5.74) is 0.588. The molecule has 96 valence electrons. The van der Waals surface area contributed by atoms with Gasteiger partial charge in [0.25, 0.3) is 0 Å². The fourth-order valence-corrected chi connectivity index (χ4v) is 2.16. The number of nitrogens with zero attached hydrogens (tertiary/aromatic N) is 1. The van der Waals surface area contributed by atoms with Crippen LogP contribution in [0.1, 0.15) is 16.8 Å². The Morgan fingerprint density at radius 2 is 2.17 bits per heavy atom. The van der Waals surface area contributed by atoms with Gasteiger partial charge < -0.3 is 9.67 Å². The van der Waals surface area contributed by atoms with Crippen LogP contribution in [0.2, 0.25) is 5.02 Å². The summed E-state index contributed by atoms with van der Waals surface area (Å²) in [6.45, 7) is 0.0573. The van der Waals surface area contributed by atoms with Crippen LogP contribution in [-0.4, -0.2) is 22.1 Å². The molecule has 0 aliphatic carbocycles. The van der Waals surface area contributed by atoms with Crippen molar-refractivity contribution < 1.29 is 18.7 Å². The zero-order chi connectivity index (χ0) is 13.3. The van der Waals surface area contributed by atoms with Crippen LogP contribution in [0.15, 0.2) is 24.4 Å². The number of carbonyl (C=O) groups is 1. The smallest absolute Gasteiger partial charge is 0.337 e. The lowest BCUT2D eigenvalue weighted by atomic mass is 10.2. The number of hydrogen-bond acceptors (Lipinski definition) is 1. The topological polar surface area (TPSA) is 42.2 Å². The van der Waals surface area contributed by atoms with Gasteiger partial charge in [-0.1, -0.05) is 17.7 Å². The second-order valence-corrected chi connectivity index (χ2v) is 4.26. The summed E-state index contributed by atoms with van der Waals surface area (Å²) < 4.78 is 25.9. The lowest BCUT2D eigenvalue weighted by Gasteiger charge is -2.04. The number of alkyl halides is 2. The Morgan fingerprint density at radius 3 is 2.78 bits per heavy atom. The molecule has 0 saturated carbocycles. The molecule has 0 aliphatic rings. The van der Waals surface area contributed by atoms with Crippen molar-refractivity contribution in [2.75, 3.05) is 0 Å². The van der Waals surface area contributed by atoms with Crippen LogP contribution in [0.25, 0.3) is 10.9 Å². The van der Waals surface area contributed by atoms with Gasteiger partial charge in [0.2, 0.25) is 6.43 Å². The lowest BCUT2D eigenvalue weighted by Crippen LogP contribution is -2.01. The van der Waals surface area contributed by atoms with Gasteiger partial charge in [0.1, 0.15) is 0 Å². The van der Waals surface area contributed by atoms with E-state index >= 15 is 0 Å². The van der Waals surface area contributed by atoms with E-state index in [-0.39, 0.29) is 18.5 Å². The maximum atomic E-state index is 12.2. The predicted octanol–water partition coefficient (Wildman–Crippen LogP) is 3.65. The molecule has 1 aromatic heterocycles. The predicted molar refractivity (Wildman–Crippen MR) is 64.5 cm³/mol. The maximum absolute atomic E-state index is 12.2. The van der Waals surface area contributed by atoms with Gasteiger partial charge in [-0.15, -0.1) is 0 Å². The summed E-state index contributed by atoms with van der Waals surface area (Å²) in [7, 11) is 0. The molecule has 0 amide bonds. The zero-order valence-corrected chi connectivity index (χ0v) is 9.99. The Labute approximate surface area is 107 Å². The summed E-state index contributed by atoms with van der Waals surface area (Å²) >= 11 is 5.96. The Hall–Kier alpha value is -1.62. The van der Waals surface area contributed by atoms with E-state index in [1.54, 1.807) is 18.2 Å². The monoisotopic (exact) mass is 273 g/mol. The van der Waals surface area contributed by atoms with Gasteiger partial charge >= 0.3 is 5.97 Å². The molecule has 3 nitrogen and oxygen atoms in total. The van der Waals surface area contributed by atoms with E-state index in [4.69, 9.17) is 16.7 Å². The molecule has 0 unspecified atom stereocenters. The van der Waals surface area contributed by atoms with Crippen molar-refractivity contribution >= 4 is 28.5 Å². The molecule has 0 radical (unpaired) electrons. The maximum Gasteiger partial charge on any atom is 0.337 e. The van der Waals surface area contributed by atoms with Crippen molar-refractivity contribution in [1.29, 1.82) is 0 Å². The average molecular weight is 274 g/mol. The zero-order valence-electron chi connectivity index (χ0n) is 9.24. The number of carboxylic acids is 1.